The number of carbonyl (C=O) groups excluding carboxylic acids is 3. The number of hydrogen-bond acceptors (Lipinski definition) is 6. The van der Waals surface area contributed by atoms with Crippen LogP contribution in [0, 0.1) is 0 Å². The van der Waals surface area contributed by atoms with Crippen LogP contribution < -0.4 is 16.4 Å². The van der Waals surface area contributed by atoms with Crippen LogP contribution in [0.5, 0.6) is 0 Å². The topological polar surface area (TPSA) is 120 Å². The van der Waals surface area contributed by atoms with Crippen LogP contribution >= 0.6 is 0 Å². The third-order valence-corrected chi connectivity index (χ3v) is 2.60. The average molecular weight is 317 g/mol. The first-order valence-corrected chi connectivity index (χ1v) is 7.23. The molecule has 0 spiro atoms. The first-order chi connectivity index (χ1) is 10.2. The van der Waals surface area contributed by atoms with Crippen LogP contribution in [-0.2, 0) is 19.1 Å². The second-order valence-electron chi connectivity index (χ2n) is 5.77. The standard InChI is InChI=1S/C14H27N3O5/c1-14(2,3)22-13(20)17-10(12(19)21-4)7-5-6-8-16-11(18)9-15/h10H,5-9,15H2,1-4H3,(H,16,18)(H,17,20)/t10-/m0/s1. The molecular formula is C14H27N3O5. The Morgan fingerprint density at radius 2 is 1.82 bits per heavy atom. The summed E-state index contributed by atoms with van der Waals surface area (Å²) in [4.78, 5) is 34.3. The average Bonchev–Trinajstić information content (AvgIpc) is 2.42. The van der Waals surface area contributed by atoms with Crippen LogP contribution in [0.4, 0.5) is 4.79 Å². The quantitative estimate of drug-likeness (QED) is 0.437. The van der Waals surface area contributed by atoms with E-state index in [-0.39, 0.29) is 12.5 Å². The van der Waals surface area contributed by atoms with E-state index >= 15 is 0 Å². The van der Waals surface area contributed by atoms with Gasteiger partial charge in [0, 0.05) is 6.54 Å². The molecule has 22 heavy (non-hydrogen) atoms. The Labute approximate surface area is 131 Å². The largest absolute Gasteiger partial charge is 0.467 e. The van der Waals surface area contributed by atoms with Crippen LogP contribution in [0.3, 0.4) is 0 Å². The van der Waals surface area contributed by atoms with Crippen molar-refractivity contribution in [1.29, 1.82) is 0 Å². The minimum atomic E-state index is -0.773. The van der Waals surface area contributed by atoms with Crippen molar-refractivity contribution in [1.82, 2.24) is 10.6 Å². The van der Waals surface area contributed by atoms with Crippen molar-refractivity contribution in [2.24, 2.45) is 5.73 Å². The number of hydrogen-bond donors (Lipinski definition) is 3. The van der Waals surface area contributed by atoms with Crippen molar-refractivity contribution >= 4 is 18.0 Å². The molecule has 0 aromatic carbocycles. The van der Waals surface area contributed by atoms with Crippen LogP contribution in [0.15, 0.2) is 0 Å². The molecule has 128 valence electrons. The van der Waals surface area contributed by atoms with E-state index in [2.05, 4.69) is 15.4 Å². The molecule has 1 atom stereocenters. The third kappa shape index (κ3) is 9.98. The number of amides is 2. The van der Waals surface area contributed by atoms with E-state index in [0.29, 0.717) is 25.8 Å². The zero-order chi connectivity index (χ0) is 17.2. The molecule has 0 saturated heterocycles. The Morgan fingerprint density at radius 3 is 2.32 bits per heavy atom. The molecule has 8 heteroatoms. The van der Waals surface area contributed by atoms with E-state index < -0.39 is 23.7 Å². The summed E-state index contributed by atoms with van der Waals surface area (Å²) in [6.45, 7) is 5.63. The van der Waals surface area contributed by atoms with Crippen molar-refractivity contribution in [2.75, 3.05) is 20.2 Å². The summed E-state index contributed by atoms with van der Waals surface area (Å²) in [5.41, 5.74) is 4.52. The van der Waals surface area contributed by atoms with Crippen molar-refractivity contribution in [3.63, 3.8) is 0 Å². The summed E-state index contributed by atoms with van der Waals surface area (Å²) >= 11 is 0. The Morgan fingerprint density at radius 1 is 1.18 bits per heavy atom. The molecule has 0 aliphatic rings. The molecule has 0 unspecified atom stereocenters. The lowest BCUT2D eigenvalue weighted by atomic mass is 10.1. The minimum absolute atomic E-state index is 0.0506. The molecule has 0 aliphatic heterocycles. The second kappa shape index (κ2) is 9.99. The van der Waals surface area contributed by atoms with Crippen LogP contribution in [0.2, 0.25) is 0 Å². The Bertz CT molecular complexity index is 379. The fourth-order valence-electron chi connectivity index (χ4n) is 1.61. The monoisotopic (exact) mass is 317 g/mol. The lowest BCUT2D eigenvalue weighted by Gasteiger charge is -2.22. The summed E-state index contributed by atoms with van der Waals surface area (Å²) in [5, 5.41) is 5.12. The maximum Gasteiger partial charge on any atom is 0.408 e. The molecule has 0 aromatic heterocycles. The van der Waals surface area contributed by atoms with Gasteiger partial charge >= 0.3 is 12.1 Å². The lowest BCUT2D eigenvalue weighted by Crippen LogP contribution is -2.44. The molecule has 0 bridgehead atoms. The van der Waals surface area contributed by atoms with Gasteiger partial charge in [0.25, 0.3) is 0 Å². The van der Waals surface area contributed by atoms with Crippen molar-refractivity contribution in [3.05, 3.63) is 0 Å². The molecule has 0 rings (SSSR count). The Hall–Kier alpha value is -1.83. The second-order valence-corrected chi connectivity index (χ2v) is 5.77. The van der Waals surface area contributed by atoms with Gasteiger partial charge in [0.05, 0.1) is 13.7 Å². The van der Waals surface area contributed by atoms with Gasteiger partial charge in [-0.3, -0.25) is 4.79 Å². The molecule has 0 fully saturated rings. The number of alkyl carbamates (subject to hydrolysis) is 1. The van der Waals surface area contributed by atoms with Gasteiger partial charge in [0.2, 0.25) is 5.91 Å². The number of ether oxygens (including phenoxy) is 2. The number of nitrogens with one attached hydrogen (secondary N) is 2. The van der Waals surface area contributed by atoms with E-state index in [0.717, 1.165) is 0 Å². The third-order valence-electron chi connectivity index (χ3n) is 2.60. The highest BCUT2D eigenvalue weighted by atomic mass is 16.6. The van der Waals surface area contributed by atoms with E-state index in [1.54, 1.807) is 20.8 Å². The first kappa shape index (κ1) is 20.2. The Balaban J connectivity index is 4.22. The molecule has 8 nitrogen and oxygen atoms in total. The maximum atomic E-state index is 11.7. The van der Waals surface area contributed by atoms with Crippen LogP contribution in [0.1, 0.15) is 40.0 Å². The highest BCUT2D eigenvalue weighted by molar-refractivity contribution is 5.81. The fourth-order valence-corrected chi connectivity index (χ4v) is 1.61. The van der Waals surface area contributed by atoms with E-state index in [1.165, 1.54) is 7.11 Å². The number of rotatable bonds is 8. The van der Waals surface area contributed by atoms with Gasteiger partial charge in [-0.15, -0.1) is 0 Å². The first-order valence-electron chi connectivity index (χ1n) is 7.23. The maximum absolute atomic E-state index is 11.7. The smallest absolute Gasteiger partial charge is 0.408 e. The highest BCUT2D eigenvalue weighted by Gasteiger charge is 2.24. The summed E-state index contributed by atoms with van der Waals surface area (Å²) in [7, 11) is 1.26. The SMILES string of the molecule is COC(=O)[C@H](CCCCNC(=O)CN)NC(=O)OC(C)(C)C. The molecule has 0 saturated carbocycles. The van der Waals surface area contributed by atoms with Crippen LogP contribution in [-0.4, -0.2) is 49.8 Å². The van der Waals surface area contributed by atoms with Gasteiger partial charge in [-0.05, 0) is 40.0 Å². The molecule has 0 heterocycles. The predicted molar refractivity (Wildman–Crippen MR) is 81.1 cm³/mol. The number of nitrogens with two attached hydrogens (primary N) is 1. The van der Waals surface area contributed by atoms with E-state index in [1.807, 2.05) is 0 Å². The zero-order valence-electron chi connectivity index (χ0n) is 13.7. The normalized spacial score (nSPS) is 12.2. The van der Waals surface area contributed by atoms with Crippen LogP contribution in [0.25, 0.3) is 0 Å². The van der Waals surface area contributed by atoms with E-state index in [4.69, 9.17) is 10.5 Å². The number of carbonyl (C=O) groups is 3. The fraction of sp³-hybridized carbons (Fsp3) is 0.786. The molecule has 0 aliphatic carbocycles. The molecule has 2 amide bonds. The number of unbranched alkanes of at least 4 members (excludes halogenated alkanes) is 1. The molecule has 0 aromatic rings. The summed E-state index contributed by atoms with van der Waals surface area (Å²) in [6, 6.07) is -0.773. The van der Waals surface area contributed by atoms with E-state index in [9.17, 15) is 14.4 Å². The molecule has 4 N–H and O–H groups in total. The number of methoxy groups -OCH3 is 1. The summed E-state index contributed by atoms with van der Waals surface area (Å²) in [6.07, 6.45) is 1.01. The van der Waals surface area contributed by atoms with Crippen molar-refractivity contribution in [3.8, 4) is 0 Å². The van der Waals surface area contributed by atoms with Crippen molar-refractivity contribution < 1.29 is 23.9 Å². The predicted octanol–water partition coefficient (Wildman–Crippen LogP) is 0.298. The number of esters is 1. The van der Waals surface area contributed by atoms with Gasteiger partial charge < -0.3 is 25.8 Å². The summed E-state index contributed by atoms with van der Waals surface area (Å²) in [5.74, 6) is -0.756. The molecular weight excluding hydrogens is 290 g/mol. The lowest BCUT2D eigenvalue weighted by molar-refractivity contribution is -0.143. The van der Waals surface area contributed by atoms with Gasteiger partial charge in [-0.25, -0.2) is 9.59 Å². The minimum Gasteiger partial charge on any atom is -0.467 e. The van der Waals surface area contributed by atoms with Gasteiger partial charge in [-0.1, -0.05) is 0 Å². The van der Waals surface area contributed by atoms with Crippen molar-refractivity contribution in [2.45, 2.75) is 51.7 Å². The molecule has 0 radical (unpaired) electrons. The van der Waals surface area contributed by atoms with Gasteiger partial charge in [0.15, 0.2) is 0 Å². The Kier molecular flexibility index (Phi) is 9.16. The van der Waals surface area contributed by atoms with Gasteiger partial charge in [-0.2, -0.15) is 0 Å². The summed E-state index contributed by atoms with van der Waals surface area (Å²) < 4.78 is 9.77. The zero-order valence-corrected chi connectivity index (χ0v) is 13.7. The van der Waals surface area contributed by atoms with Gasteiger partial charge in [0.1, 0.15) is 11.6 Å². The highest BCUT2D eigenvalue weighted by Crippen LogP contribution is 2.08.